The molecular formula is C7H11N3O. The van der Waals surface area contributed by atoms with Crippen molar-refractivity contribution in [2.24, 2.45) is 5.92 Å². The zero-order valence-electron chi connectivity index (χ0n) is 6.22. The molecule has 1 heterocycles. The second kappa shape index (κ2) is 2.62. The SMILES string of the molecule is OC1CC(Cn2cnnc2)C1. The van der Waals surface area contributed by atoms with Crippen LogP contribution >= 0.6 is 0 Å². The average Bonchev–Trinajstić information content (AvgIpc) is 2.36. The van der Waals surface area contributed by atoms with Gasteiger partial charge in [-0.25, -0.2) is 0 Å². The maximum Gasteiger partial charge on any atom is 0.119 e. The van der Waals surface area contributed by atoms with Gasteiger partial charge in [0.15, 0.2) is 0 Å². The van der Waals surface area contributed by atoms with Gasteiger partial charge in [0.2, 0.25) is 0 Å². The number of aromatic nitrogens is 3. The highest BCUT2D eigenvalue weighted by Crippen LogP contribution is 2.28. The Bertz CT molecular complexity index is 216. The minimum atomic E-state index is -0.0588. The summed E-state index contributed by atoms with van der Waals surface area (Å²) in [6, 6.07) is 0. The van der Waals surface area contributed by atoms with E-state index in [1.54, 1.807) is 12.7 Å². The van der Waals surface area contributed by atoms with Crippen molar-refractivity contribution >= 4 is 0 Å². The molecule has 0 saturated heterocycles. The molecule has 60 valence electrons. The number of aliphatic hydroxyl groups is 1. The number of hydrogen-bond donors (Lipinski definition) is 1. The van der Waals surface area contributed by atoms with Gasteiger partial charge in [0.25, 0.3) is 0 Å². The molecule has 0 spiro atoms. The topological polar surface area (TPSA) is 50.9 Å². The molecule has 4 nitrogen and oxygen atoms in total. The summed E-state index contributed by atoms with van der Waals surface area (Å²) in [7, 11) is 0. The van der Waals surface area contributed by atoms with Crippen molar-refractivity contribution in [1.29, 1.82) is 0 Å². The molecule has 1 N–H and O–H groups in total. The van der Waals surface area contributed by atoms with E-state index in [-0.39, 0.29) is 6.10 Å². The Kier molecular flexibility index (Phi) is 1.62. The van der Waals surface area contributed by atoms with Crippen molar-refractivity contribution in [1.82, 2.24) is 14.8 Å². The molecule has 0 aliphatic heterocycles. The van der Waals surface area contributed by atoms with Gasteiger partial charge < -0.3 is 9.67 Å². The fraction of sp³-hybridized carbons (Fsp3) is 0.714. The summed E-state index contributed by atoms with van der Waals surface area (Å²) in [5.41, 5.74) is 0. The molecule has 1 aromatic rings. The molecule has 0 radical (unpaired) electrons. The fourth-order valence-corrected chi connectivity index (χ4v) is 1.46. The molecule has 1 saturated carbocycles. The van der Waals surface area contributed by atoms with Crippen molar-refractivity contribution in [3.8, 4) is 0 Å². The van der Waals surface area contributed by atoms with E-state index in [1.807, 2.05) is 4.57 Å². The van der Waals surface area contributed by atoms with Crippen LogP contribution in [0.25, 0.3) is 0 Å². The predicted octanol–water partition coefficient (Wildman–Crippen LogP) is 0.0490. The second-order valence-electron chi connectivity index (χ2n) is 3.15. The van der Waals surface area contributed by atoms with Gasteiger partial charge in [0, 0.05) is 6.54 Å². The first-order valence-electron chi connectivity index (χ1n) is 3.85. The minimum Gasteiger partial charge on any atom is -0.393 e. The van der Waals surface area contributed by atoms with E-state index in [0.29, 0.717) is 5.92 Å². The van der Waals surface area contributed by atoms with Crippen LogP contribution in [0.1, 0.15) is 12.8 Å². The third kappa shape index (κ3) is 1.40. The lowest BCUT2D eigenvalue weighted by Crippen LogP contribution is -2.31. The normalized spacial score (nSPS) is 29.9. The number of nitrogens with zero attached hydrogens (tertiary/aromatic N) is 3. The molecule has 1 aliphatic rings. The monoisotopic (exact) mass is 153 g/mol. The van der Waals surface area contributed by atoms with Crippen LogP contribution in [0.2, 0.25) is 0 Å². The van der Waals surface area contributed by atoms with E-state index in [2.05, 4.69) is 10.2 Å². The zero-order valence-corrected chi connectivity index (χ0v) is 6.22. The Balaban J connectivity index is 1.84. The molecule has 0 amide bonds. The van der Waals surface area contributed by atoms with Gasteiger partial charge in [0.05, 0.1) is 6.10 Å². The lowest BCUT2D eigenvalue weighted by atomic mass is 9.82. The predicted molar refractivity (Wildman–Crippen MR) is 38.8 cm³/mol. The first-order chi connectivity index (χ1) is 5.34. The van der Waals surface area contributed by atoms with E-state index in [9.17, 15) is 0 Å². The molecular weight excluding hydrogens is 142 g/mol. The average molecular weight is 153 g/mol. The summed E-state index contributed by atoms with van der Waals surface area (Å²) in [5, 5.41) is 16.4. The standard InChI is InChI=1S/C7H11N3O/c11-7-1-6(2-7)3-10-4-8-9-5-10/h4-7,11H,1-3H2. The van der Waals surface area contributed by atoms with Gasteiger partial charge in [-0.2, -0.15) is 0 Å². The van der Waals surface area contributed by atoms with Crippen molar-refractivity contribution in [2.45, 2.75) is 25.5 Å². The van der Waals surface area contributed by atoms with Crippen LogP contribution < -0.4 is 0 Å². The van der Waals surface area contributed by atoms with Crippen LogP contribution in [0.3, 0.4) is 0 Å². The van der Waals surface area contributed by atoms with Gasteiger partial charge >= 0.3 is 0 Å². The van der Waals surface area contributed by atoms with Crippen LogP contribution in [0.15, 0.2) is 12.7 Å². The van der Waals surface area contributed by atoms with Gasteiger partial charge in [-0.05, 0) is 18.8 Å². The Morgan fingerprint density at radius 1 is 1.36 bits per heavy atom. The Morgan fingerprint density at radius 3 is 2.55 bits per heavy atom. The maximum absolute atomic E-state index is 9.01. The maximum atomic E-state index is 9.01. The number of hydrogen-bond acceptors (Lipinski definition) is 3. The first-order valence-corrected chi connectivity index (χ1v) is 3.85. The van der Waals surface area contributed by atoms with Crippen LogP contribution in [-0.2, 0) is 6.54 Å². The minimum absolute atomic E-state index is 0.0588. The van der Waals surface area contributed by atoms with Crippen LogP contribution in [-0.4, -0.2) is 26.0 Å². The van der Waals surface area contributed by atoms with Crippen molar-refractivity contribution < 1.29 is 5.11 Å². The zero-order chi connectivity index (χ0) is 7.68. The largest absolute Gasteiger partial charge is 0.393 e. The molecule has 0 unspecified atom stereocenters. The molecule has 1 fully saturated rings. The lowest BCUT2D eigenvalue weighted by molar-refractivity contribution is 0.0352. The summed E-state index contributed by atoms with van der Waals surface area (Å²) in [4.78, 5) is 0. The number of aliphatic hydroxyl groups excluding tert-OH is 1. The third-order valence-electron chi connectivity index (χ3n) is 2.15. The van der Waals surface area contributed by atoms with E-state index in [0.717, 1.165) is 19.4 Å². The highest BCUT2D eigenvalue weighted by Gasteiger charge is 2.26. The summed E-state index contributed by atoms with van der Waals surface area (Å²) < 4.78 is 1.95. The quantitative estimate of drug-likeness (QED) is 0.653. The van der Waals surface area contributed by atoms with Gasteiger partial charge in [-0.1, -0.05) is 0 Å². The first kappa shape index (κ1) is 6.79. The van der Waals surface area contributed by atoms with Crippen LogP contribution in [0.5, 0.6) is 0 Å². The van der Waals surface area contributed by atoms with Gasteiger partial charge in [-0.3, -0.25) is 0 Å². The Labute approximate surface area is 64.9 Å². The Hall–Kier alpha value is -0.900. The molecule has 4 heteroatoms. The summed E-state index contributed by atoms with van der Waals surface area (Å²) in [5.74, 6) is 0.626. The fourth-order valence-electron chi connectivity index (χ4n) is 1.46. The number of rotatable bonds is 2. The summed E-state index contributed by atoms with van der Waals surface area (Å²) >= 11 is 0. The molecule has 1 aromatic heterocycles. The smallest absolute Gasteiger partial charge is 0.119 e. The van der Waals surface area contributed by atoms with Crippen molar-refractivity contribution in [3.05, 3.63) is 12.7 Å². The molecule has 2 rings (SSSR count). The lowest BCUT2D eigenvalue weighted by Gasteiger charge is -2.31. The van der Waals surface area contributed by atoms with Crippen LogP contribution in [0.4, 0.5) is 0 Å². The molecule has 0 bridgehead atoms. The highest BCUT2D eigenvalue weighted by atomic mass is 16.3. The van der Waals surface area contributed by atoms with E-state index in [4.69, 9.17) is 5.11 Å². The van der Waals surface area contributed by atoms with Crippen molar-refractivity contribution in [2.75, 3.05) is 0 Å². The van der Waals surface area contributed by atoms with Gasteiger partial charge in [0.1, 0.15) is 12.7 Å². The van der Waals surface area contributed by atoms with E-state index in [1.165, 1.54) is 0 Å². The van der Waals surface area contributed by atoms with E-state index >= 15 is 0 Å². The van der Waals surface area contributed by atoms with Gasteiger partial charge in [-0.15, -0.1) is 10.2 Å². The highest BCUT2D eigenvalue weighted by molar-refractivity contribution is 4.79. The molecule has 0 aromatic carbocycles. The Morgan fingerprint density at radius 2 is 2.00 bits per heavy atom. The molecule has 0 atom stereocenters. The summed E-state index contributed by atoms with van der Waals surface area (Å²) in [6.45, 7) is 0.948. The molecule has 11 heavy (non-hydrogen) atoms. The van der Waals surface area contributed by atoms with Crippen molar-refractivity contribution in [3.63, 3.8) is 0 Å². The van der Waals surface area contributed by atoms with E-state index < -0.39 is 0 Å². The summed E-state index contributed by atoms with van der Waals surface area (Å²) in [6.07, 6.45) is 5.22. The second-order valence-corrected chi connectivity index (χ2v) is 3.15. The molecule has 1 aliphatic carbocycles. The third-order valence-corrected chi connectivity index (χ3v) is 2.15. The van der Waals surface area contributed by atoms with Crippen LogP contribution in [0, 0.1) is 5.92 Å².